The maximum absolute atomic E-state index is 11.3. The maximum atomic E-state index is 11.3. The Labute approximate surface area is 115 Å². The fourth-order valence-corrected chi connectivity index (χ4v) is 1.68. The van der Waals surface area contributed by atoms with Gasteiger partial charge in [-0.2, -0.15) is 0 Å². The quantitative estimate of drug-likeness (QED) is 0.836. The van der Waals surface area contributed by atoms with Crippen molar-refractivity contribution in [3.8, 4) is 0 Å². The minimum absolute atomic E-state index is 0.106. The standard InChI is InChI=1S/C11H12Cl2N2OS/c1-2-3-10(16)15-11(17)14-7-4-5-8(12)9(13)6-7/h4-6H,2-3H2,1H3,(H2,14,15,16,17). The average molecular weight is 291 g/mol. The molecule has 6 heteroatoms. The summed E-state index contributed by atoms with van der Waals surface area (Å²) < 4.78 is 0. The van der Waals surface area contributed by atoms with E-state index < -0.39 is 0 Å². The van der Waals surface area contributed by atoms with Gasteiger partial charge >= 0.3 is 0 Å². The first kappa shape index (κ1) is 14.2. The zero-order valence-electron chi connectivity index (χ0n) is 9.22. The lowest BCUT2D eigenvalue weighted by Gasteiger charge is -2.09. The minimum atomic E-state index is -0.106. The van der Waals surface area contributed by atoms with Crippen molar-refractivity contribution in [1.82, 2.24) is 5.32 Å². The Morgan fingerprint density at radius 1 is 1.35 bits per heavy atom. The molecule has 0 spiro atoms. The van der Waals surface area contributed by atoms with Crippen LogP contribution in [0.5, 0.6) is 0 Å². The number of thiocarbonyl (C=S) groups is 1. The van der Waals surface area contributed by atoms with Gasteiger partial charge in [-0.3, -0.25) is 4.79 Å². The number of amides is 1. The van der Waals surface area contributed by atoms with Gasteiger partial charge in [-0.25, -0.2) is 0 Å². The van der Waals surface area contributed by atoms with Gasteiger partial charge in [0.25, 0.3) is 0 Å². The predicted molar refractivity (Wildman–Crippen MR) is 75.7 cm³/mol. The van der Waals surface area contributed by atoms with Crippen LogP contribution in [0.1, 0.15) is 19.8 Å². The molecule has 17 heavy (non-hydrogen) atoms. The SMILES string of the molecule is CCCC(=O)NC(=S)Nc1ccc(Cl)c(Cl)c1. The second-order valence-electron chi connectivity index (χ2n) is 3.38. The molecule has 0 aliphatic carbocycles. The molecule has 0 heterocycles. The molecule has 1 aromatic rings. The Bertz CT molecular complexity index is 437. The lowest BCUT2D eigenvalue weighted by Crippen LogP contribution is -2.33. The van der Waals surface area contributed by atoms with E-state index in [9.17, 15) is 4.79 Å². The number of hydrogen-bond donors (Lipinski definition) is 2. The first-order valence-electron chi connectivity index (χ1n) is 5.08. The molecule has 1 aromatic carbocycles. The van der Waals surface area contributed by atoms with Crippen LogP contribution in [0.25, 0.3) is 0 Å². The van der Waals surface area contributed by atoms with Gasteiger partial charge in [0.2, 0.25) is 5.91 Å². The molecule has 0 aromatic heterocycles. The summed E-state index contributed by atoms with van der Waals surface area (Å²) in [6.07, 6.45) is 1.23. The van der Waals surface area contributed by atoms with E-state index in [0.717, 1.165) is 6.42 Å². The Morgan fingerprint density at radius 3 is 2.65 bits per heavy atom. The molecule has 0 saturated heterocycles. The van der Waals surface area contributed by atoms with E-state index in [1.54, 1.807) is 18.2 Å². The highest BCUT2D eigenvalue weighted by molar-refractivity contribution is 7.80. The van der Waals surface area contributed by atoms with E-state index in [4.69, 9.17) is 35.4 Å². The normalized spacial score (nSPS) is 9.82. The number of rotatable bonds is 3. The van der Waals surface area contributed by atoms with E-state index in [1.165, 1.54) is 0 Å². The highest BCUT2D eigenvalue weighted by Crippen LogP contribution is 2.24. The van der Waals surface area contributed by atoms with Gasteiger partial charge in [0.05, 0.1) is 10.0 Å². The van der Waals surface area contributed by atoms with Gasteiger partial charge in [-0.15, -0.1) is 0 Å². The summed E-state index contributed by atoms with van der Waals surface area (Å²) in [6, 6.07) is 5.03. The smallest absolute Gasteiger partial charge is 0.226 e. The number of nitrogens with one attached hydrogen (secondary N) is 2. The Morgan fingerprint density at radius 2 is 2.06 bits per heavy atom. The van der Waals surface area contributed by atoms with Crippen molar-refractivity contribution in [3.05, 3.63) is 28.2 Å². The van der Waals surface area contributed by atoms with Gasteiger partial charge in [0.15, 0.2) is 5.11 Å². The summed E-state index contributed by atoms with van der Waals surface area (Å²) in [7, 11) is 0. The highest BCUT2D eigenvalue weighted by atomic mass is 35.5. The summed E-state index contributed by atoms with van der Waals surface area (Å²) in [5.41, 5.74) is 0.682. The van der Waals surface area contributed by atoms with Crippen LogP contribution < -0.4 is 10.6 Å². The van der Waals surface area contributed by atoms with Crippen molar-refractivity contribution >= 4 is 52.1 Å². The molecule has 0 bridgehead atoms. The second kappa shape index (κ2) is 6.79. The molecule has 3 nitrogen and oxygen atoms in total. The highest BCUT2D eigenvalue weighted by Gasteiger charge is 2.04. The summed E-state index contributed by atoms with van der Waals surface area (Å²) >= 11 is 16.6. The molecule has 0 aliphatic heterocycles. The first-order chi connectivity index (χ1) is 8.02. The number of halogens is 2. The fourth-order valence-electron chi connectivity index (χ4n) is 1.15. The van der Waals surface area contributed by atoms with E-state index in [2.05, 4.69) is 10.6 Å². The summed E-state index contributed by atoms with van der Waals surface area (Å²) in [6.45, 7) is 1.93. The third kappa shape index (κ3) is 4.89. The number of anilines is 1. The Hall–Kier alpha value is -0.840. The molecule has 0 radical (unpaired) electrons. The molecule has 0 fully saturated rings. The second-order valence-corrected chi connectivity index (χ2v) is 4.60. The summed E-state index contributed by atoms with van der Waals surface area (Å²) in [5.74, 6) is -0.106. The lowest BCUT2D eigenvalue weighted by atomic mass is 10.3. The van der Waals surface area contributed by atoms with Crippen molar-refractivity contribution in [2.45, 2.75) is 19.8 Å². The molecular weight excluding hydrogens is 279 g/mol. The zero-order valence-corrected chi connectivity index (χ0v) is 11.5. The van der Waals surface area contributed by atoms with Crippen LogP contribution >= 0.6 is 35.4 Å². The minimum Gasteiger partial charge on any atom is -0.332 e. The topological polar surface area (TPSA) is 41.1 Å². The van der Waals surface area contributed by atoms with E-state index in [1.807, 2.05) is 6.92 Å². The molecule has 0 saturated carbocycles. The van der Waals surface area contributed by atoms with Crippen molar-refractivity contribution in [1.29, 1.82) is 0 Å². The van der Waals surface area contributed by atoms with Crippen molar-refractivity contribution in [3.63, 3.8) is 0 Å². The lowest BCUT2D eigenvalue weighted by molar-refractivity contribution is -0.119. The van der Waals surface area contributed by atoms with Crippen LogP contribution in [0, 0.1) is 0 Å². The number of carbonyl (C=O) groups is 1. The summed E-state index contributed by atoms with van der Waals surface area (Å²) in [4.78, 5) is 11.3. The monoisotopic (exact) mass is 290 g/mol. The molecule has 1 amide bonds. The van der Waals surface area contributed by atoms with Crippen molar-refractivity contribution < 1.29 is 4.79 Å². The van der Waals surface area contributed by atoms with Crippen LogP contribution in [0.4, 0.5) is 5.69 Å². The van der Waals surface area contributed by atoms with E-state index in [0.29, 0.717) is 22.2 Å². The van der Waals surface area contributed by atoms with Gasteiger partial charge < -0.3 is 10.6 Å². The summed E-state index contributed by atoms with van der Waals surface area (Å²) in [5, 5.41) is 6.58. The molecule has 1 rings (SSSR count). The van der Waals surface area contributed by atoms with Gasteiger partial charge in [0.1, 0.15) is 0 Å². The fraction of sp³-hybridized carbons (Fsp3) is 0.273. The van der Waals surface area contributed by atoms with Crippen molar-refractivity contribution in [2.24, 2.45) is 0 Å². The molecular formula is C11H12Cl2N2OS. The van der Waals surface area contributed by atoms with Crippen LogP contribution in [0.15, 0.2) is 18.2 Å². The van der Waals surface area contributed by atoms with E-state index >= 15 is 0 Å². The average Bonchev–Trinajstić information content (AvgIpc) is 2.23. The predicted octanol–water partition coefficient (Wildman–Crippen LogP) is 3.61. The first-order valence-corrected chi connectivity index (χ1v) is 6.25. The third-order valence-corrected chi connectivity index (χ3v) is 2.85. The van der Waals surface area contributed by atoms with E-state index in [-0.39, 0.29) is 11.0 Å². The van der Waals surface area contributed by atoms with Gasteiger partial charge in [-0.05, 0) is 36.8 Å². The van der Waals surface area contributed by atoms with Crippen LogP contribution in [-0.4, -0.2) is 11.0 Å². The number of hydrogen-bond acceptors (Lipinski definition) is 2. The maximum Gasteiger partial charge on any atom is 0.226 e. The molecule has 0 unspecified atom stereocenters. The largest absolute Gasteiger partial charge is 0.332 e. The Balaban J connectivity index is 2.56. The molecule has 2 N–H and O–H groups in total. The van der Waals surface area contributed by atoms with Crippen LogP contribution in [0.2, 0.25) is 10.0 Å². The zero-order chi connectivity index (χ0) is 12.8. The van der Waals surface area contributed by atoms with Crippen molar-refractivity contribution in [2.75, 3.05) is 5.32 Å². The number of carbonyl (C=O) groups excluding carboxylic acids is 1. The number of benzene rings is 1. The van der Waals surface area contributed by atoms with Crippen LogP contribution in [0.3, 0.4) is 0 Å². The molecule has 92 valence electrons. The molecule has 0 atom stereocenters. The third-order valence-electron chi connectivity index (χ3n) is 1.91. The van der Waals surface area contributed by atoms with Gasteiger partial charge in [0, 0.05) is 12.1 Å². The van der Waals surface area contributed by atoms with Gasteiger partial charge in [-0.1, -0.05) is 30.1 Å². The molecule has 0 aliphatic rings. The van der Waals surface area contributed by atoms with Crippen LogP contribution in [-0.2, 0) is 4.79 Å². The Kier molecular flexibility index (Phi) is 5.68.